The summed E-state index contributed by atoms with van der Waals surface area (Å²) in [4.78, 5) is 7.26. The maximum absolute atomic E-state index is 5.67. The Morgan fingerprint density at radius 2 is 2.23 bits per heavy atom. The smallest absolute Gasteiger partial charge is 0.144 e. The quantitative estimate of drug-likeness (QED) is 0.660. The largest absolute Gasteiger partial charge is 0.345 e. The highest BCUT2D eigenvalue weighted by Gasteiger charge is 2.08. The summed E-state index contributed by atoms with van der Waals surface area (Å²) in [5.41, 5.74) is 1.05. The van der Waals surface area contributed by atoms with Crippen LogP contribution in [0.2, 0.25) is 0 Å². The first-order valence-electron chi connectivity index (χ1n) is 3.90. The van der Waals surface area contributed by atoms with E-state index in [4.69, 9.17) is 23.8 Å². The molecule has 2 nitrogen and oxygen atoms in total. The average molecular weight is 282 g/mol. The van der Waals surface area contributed by atoms with Gasteiger partial charge in [-0.05, 0) is 21.8 Å². The van der Waals surface area contributed by atoms with E-state index < -0.39 is 0 Å². The molecular formula is C8H10BrClN2S. The molecule has 0 saturated carbocycles. The normalized spacial score (nSPS) is 10.8. The lowest BCUT2D eigenvalue weighted by molar-refractivity contribution is 0.788. The molecule has 0 bridgehead atoms. The molecule has 0 amide bonds. The fraction of sp³-hybridized carbons (Fsp3) is 0.500. The molecule has 72 valence electrons. The van der Waals surface area contributed by atoms with Crippen LogP contribution in [0.25, 0.3) is 0 Å². The Morgan fingerprint density at radius 1 is 1.62 bits per heavy atom. The molecule has 0 atom stereocenters. The van der Waals surface area contributed by atoms with Crippen molar-refractivity contribution in [3.05, 3.63) is 20.6 Å². The van der Waals surface area contributed by atoms with Crippen LogP contribution in [0.4, 0.5) is 0 Å². The van der Waals surface area contributed by atoms with E-state index in [-0.39, 0.29) is 0 Å². The number of nitrogens with one attached hydrogen (secondary N) is 1. The summed E-state index contributed by atoms with van der Waals surface area (Å²) in [6, 6.07) is 0. The molecule has 0 saturated heterocycles. The lowest BCUT2D eigenvalue weighted by Gasteiger charge is -2.09. The number of H-pyrrole nitrogens is 1. The Bertz CT molecular complexity index is 362. The molecule has 1 aromatic rings. The van der Waals surface area contributed by atoms with Gasteiger partial charge in [0.25, 0.3) is 0 Å². The van der Waals surface area contributed by atoms with Crippen LogP contribution >= 0.6 is 39.7 Å². The van der Waals surface area contributed by atoms with Crippen molar-refractivity contribution in [1.29, 1.82) is 0 Å². The molecule has 1 heterocycles. The van der Waals surface area contributed by atoms with Crippen LogP contribution in [0.1, 0.15) is 31.3 Å². The SMILES string of the molecule is CC(C)c1[nH]c(CCl)nc(=S)c1Br. The van der Waals surface area contributed by atoms with E-state index in [9.17, 15) is 0 Å². The molecule has 0 spiro atoms. The number of aromatic nitrogens is 2. The van der Waals surface area contributed by atoms with Gasteiger partial charge >= 0.3 is 0 Å². The molecule has 1 aromatic heterocycles. The van der Waals surface area contributed by atoms with E-state index in [2.05, 4.69) is 39.7 Å². The predicted octanol–water partition coefficient (Wildman–Crippen LogP) is 3.76. The highest BCUT2D eigenvalue weighted by atomic mass is 79.9. The Labute approximate surface area is 95.9 Å². The van der Waals surface area contributed by atoms with Gasteiger partial charge in [0, 0.05) is 5.69 Å². The predicted molar refractivity (Wildman–Crippen MR) is 60.8 cm³/mol. The summed E-state index contributed by atoms with van der Waals surface area (Å²) in [6.45, 7) is 4.17. The Hall–Kier alpha value is 0.0700. The molecular weight excluding hydrogens is 272 g/mol. The summed E-state index contributed by atoms with van der Waals surface area (Å²) in [5.74, 6) is 1.45. The van der Waals surface area contributed by atoms with Crippen molar-refractivity contribution in [3.8, 4) is 0 Å². The zero-order chi connectivity index (χ0) is 10.0. The van der Waals surface area contributed by atoms with Crippen molar-refractivity contribution in [3.63, 3.8) is 0 Å². The van der Waals surface area contributed by atoms with E-state index in [1.54, 1.807) is 0 Å². The van der Waals surface area contributed by atoms with Crippen LogP contribution < -0.4 is 0 Å². The lowest BCUT2D eigenvalue weighted by Crippen LogP contribution is -2.01. The number of hydrogen-bond donors (Lipinski definition) is 1. The van der Waals surface area contributed by atoms with Gasteiger partial charge in [-0.2, -0.15) is 0 Å². The molecule has 0 aliphatic heterocycles. The number of hydrogen-bond acceptors (Lipinski definition) is 2. The van der Waals surface area contributed by atoms with Crippen molar-refractivity contribution in [2.75, 3.05) is 0 Å². The van der Waals surface area contributed by atoms with Crippen LogP contribution in [0.5, 0.6) is 0 Å². The fourth-order valence-electron chi connectivity index (χ4n) is 0.986. The molecule has 0 fully saturated rings. The average Bonchev–Trinajstić information content (AvgIpc) is 2.09. The first kappa shape index (κ1) is 11.1. The third-order valence-corrected chi connectivity index (χ3v) is 3.26. The molecule has 1 rings (SSSR count). The van der Waals surface area contributed by atoms with E-state index in [1.807, 2.05) is 0 Å². The van der Waals surface area contributed by atoms with Crippen LogP contribution in [0.3, 0.4) is 0 Å². The van der Waals surface area contributed by atoms with Gasteiger partial charge in [0.15, 0.2) is 0 Å². The van der Waals surface area contributed by atoms with Crippen LogP contribution in [-0.2, 0) is 5.88 Å². The number of rotatable bonds is 2. The second-order valence-corrected chi connectivity index (χ2v) is 4.45. The van der Waals surface area contributed by atoms with Gasteiger partial charge < -0.3 is 4.98 Å². The highest BCUT2D eigenvalue weighted by molar-refractivity contribution is 9.10. The van der Waals surface area contributed by atoms with Crippen LogP contribution in [0, 0.1) is 4.64 Å². The first-order chi connectivity index (χ1) is 6.06. The van der Waals surface area contributed by atoms with Crippen molar-refractivity contribution < 1.29 is 0 Å². The minimum Gasteiger partial charge on any atom is -0.345 e. The highest BCUT2D eigenvalue weighted by Crippen LogP contribution is 2.23. The summed E-state index contributed by atoms with van der Waals surface area (Å²) in [6.07, 6.45) is 0. The number of alkyl halides is 1. The van der Waals surface area contributed by atoms with Crippen molar-refractivity contribution in [2.24, 2.45) is 0 Å². The lowest BCUT2D eigenvalue weighted by atomic mass is 10.1. The molecule has 0 aliphatic carbocycles. The van der Waals surface area contributed by atoms with E-state index >= 15 is 0 Å². The molecule has 0 radical (unpaired) electrons. The van der Waals surface area contributed by atoms with Gasteiger partial charge in [0.1, 0.15) is 10.5 Å². The van der Waals surface area contributed by atoms with Crippen molar-refractivity contribution in [2.45, 2.75) is 25.6 Å². The Kier molecular flexibility index (Phi) is 3.88. The van der Waals surface area contributed by atoms with Gasteiger partial charge in [0.2, 0.25) is 0 Å². The van der Waals surface area contributed by atoms with E-state index in [0.29, 0.717) is 16.4 Å². The molecule has 0 unspecified atom stereocenters. The van der Waals surface area contributed by atoms with Gasteiger partial charge in [0.05, 0.1) is 10.4 Å². The van der Waals surface area contributed by atoms with Crippen LogP contribution in [-0.4, -0.2) is 9.97 Å². The minimum absolute atomic E-state index is 0.358. The molecule has 13 heavy (non-hydrogen) atoms. The standard InChI is InChI=1S/C8H10BrClN2S/c1-4(2)7-6(9)8(13)12-5(3-10)11-7/h4H,3H2,1-2H3,(H,11,12,13). The summed E-state index contributed by atoms with van der Waals surface area (Å²) in [5, 5.41) is 0. The second-order valence-electron chi connectivity index (χ2n) is 3.00. The number of halogens is 2. The van der Waals surface area contributed by atoms with Gasteiger partial charge in [-0.1, -0.05) is 26.1 Å². The Morgan fingerprint density at radius 3 is 2.69 bits per heavy atom. The third kappa shape index (κ3) is 2.51. The molecule has 5 heteroatoms. The third-order valence-electron chi connectivity index (χ3n) is 1.64. The second kappa shape index (κ2) is 4.53. The molecule has 0 aliphatic rings. The number of aromatic amines is 1. The summed E-state index contributed by atoms with van der Waals surface area (Å²) in [7, 11) is 0. The van der Waals surface area contributed by atoms with Crippen molar-refractivity contribution >= 4 is 39.7 Å². The minimum atomic E-state index is 0.358. The topological polar surface area (TPSA) is 28.7 Å². The van der Waals surface area contributed by atoms with E-state index in [1.165, 1.54) is 0 Å². The number of nitrogens with zero attached hydrogens (tertiary/aromatic N) is 1. The van der Waals surface area contributed by atoms with Gasteiger partial charge in [-0.25, -0.2) is 4.98 Å². The Balaban J connectivity index is 3.33. The maximum atomic E-state index is 5.67. The molecule has 0 aromatic carbocycles. The maximum Gasteiger partial charge on any atom is 0.144 e. The zero-order valence-electron chi connectivity index (χ0n) is 7.40. The monoisotopic (exact) mass is 280 g/mol. The summed E-state index contributed by atoms with van der Waals surface area (Å²) < 4.78 is 1.43. The van der Waals surface area contributed by atoms with Gasteiger partial charge in [-0.3, -0.25) is 0 Å². The fourth-order valence-corrected chi connectivity index (χ4v) is 1.98. The van der Waals surface area contributed by atoms with Crippen molar-refractivity contribution in [1.82, 2.24) is 9.97 Å². The first-order valence-corrected chi connectivity index (χ1v) is 5.64. The van der Waals surface area contributed by atoms with Crippen LogP contribution in [0.15, 0.2) is 4.47 Å². The zero-order valence-corrected chi connectivity index (χ0v) is 10.6. The van der Waals surface area contributed by atoms with E-state index in [0.717, 1.165) is 16.0 Å². The van der Waals surface area contributed by atoms with Gasteiger partial charge in [-0.15, -0.1) is 11.6 Å². The molecule has 1 N–H and O–H groups in total. The summed E-state index contributed by atoms with van der Waals surface area (Å²) >= 11 is 14.2.